The molecule has 2 unspecified atom stereocenters. The number of hydrogen-bond donors (Lipinski definition) is 3. The molecule has 0 spiro atoms. The maximum atomic E-state index is 10.6. The fourth-order valence-electron chi connectivity index (χ4n) is 1.86. The minimum atomic E-state index is -1.01. The molecule has 0 heterocycles. The molecule has 0 aromatic heterocycles. The fraction of sp³-hybridized carbons (Fsp3) is 0.385. The molecular formula is C13H19N3O2. The van der Waals surface area contributed by atoms with Gasteiger partial charge in [-0.3, -0.25) is 5.41 Å². The predicted octanol–water partition coefficient (Wildman–Crippen LogP) is 1.81. The molecule has 18 heavy (non-hydrogen) atoms. The summed E-state index contributed by atoms with van der Waals surface area (Å²) in [5.41, 5.74) is 14.1. The molecule has 5 nitrogen and oxygen atoms in total. The minimum Gasteiger partial charge on any atom is -0.394 e. The van der Waals surface area contributed by atoms with Crippen LogP contribution in [-0.4, -0.2) is 18.0 Å². The van der Waals surface area contributed by atoms with E-state index in [1.54, 1.807) is 0 Å². The van der Waals surface area contributed by atoms with E-state index < -0.39 is 12.1 Å². The first-order valence-electron chi connectivity index (χ1n) is 5.72. The van der Waals surface area contributed by atoms with E-state index in [4.69, 9.17) is 16.9 Å². The lowest BCUT2D eigenvalue weighted by Crippen LogP contribution is -2.39. The van der Waals surface area contributed by atoms with Crippen molar-refractivity contribution >= 4 is 12.0 Å². The fourth-order valence-corrected chi connectivity index (χ4v) is 1.86. The molecule has 1 amide bonds. The molecule has 1 aromatic carbocycles. The number of carbonyl (C=O) groups is 1. The van der Waals surface area contributed by atoms with Crippen molar-refractivity contribution in [2.24, 2.45) is 11.5 Å². The predicted molar refractivity (Wildman–Crippen MR) is 70.7 cm³/mol. The number of nitrogens with one attached hydrogen (secondary N) is 1. The molecule has 5 N–H and O–H groups in total. The van der Waals surface area contributed by atoms with Gasteiger partial charge in [-0.2, -0.15) is 0 Å². The molecule has 5 heteroatoms. The Morgan fingerprint density at radius 2 is 2.00 bits per heavy atom. The molecule has 2 atom stereocenters. The molecule has 0 radical (unpaired) electrons. The van der Waals surface area contributed by atoms with Crippen molar-refractivity contribution < 1.29 is 9.53 Å². The Morgan fingerprint density at radius 1 is 1.39 bits per heavy atom. The Balaban J connectivity index is 2.93. The number of ether oxygens (including phenoxy) is 1. The molecule has 98 valence electrons. The van der Waals surface area contributed by atoms with Crippen LogP contribution < -0.4 is 11.5 Å². The van der Waals surface area contributed by atoms with Gasteiger partial charge in [0.2, 0.25) is 5.90 Å². The zero-order valence-corrected chi connectivity index (χ0v) is 10.9. The second kappa shape index (κ2) is 5.64. The lowest BCUT2D eigenvalue weighted by Gasteiger charge is -2.22. The first kappa shape index (κ1) is 14.2. The van der Waals surface area contributed by atoms with Crippen molar-refractivity contribution in [1.82, 2.24) is 0 Å². The molecule has 1 aromatic rings. The molecule has 0 aliphatic heterocycles. The number of aryl methyl sites for hydroxylation is 1. The Hall–Kier alpha value is -1.88. The summed E-state index contributed by atoms with van der Waals surface area (Å²) in [4.78, 5) is 10.6. The third kappa shape index (κ3) is 3.07. The summed E-state index contributed by atoms with van der Waals surface area (Å²) < 4.78 is 4.52. The zero-order chi connectivity index (χ0) is 13.9. The van der Waals surface area contributed by atoms with Gasteiger partial charge in [0.05, 0.1) is 6.04 Å². The van der Waals surface area contributed by atoms with E-state index in [9.17, 15) is 4.79 Å². The van der Waals surface area contributed by atoms with E-state index in [0.717, 1.165) is 16.7 Å². The van der Waals surface area contributed by atoms with E-state index in [-0.39, 0.29) is 11.8 Å². The van der Waals surface area contributed by atoms with E-state index >= 15 is 0 Å². The summed E-state index contributed by atoms with van der Waals surface area (Å²) in [7, 11) is 0. The number of amides is 1. The lowest BCUT2D eigenvalue weighted by molar-refractivity contribution is 0.204. The van der Waals surface area contributed by atoms with Crippen molar-refractivity contribution in [2.75, 3.05) is 0 Å². The van der Waals surface area contributed by atoms with Crippen LogP contribution in [-0.2, 0) is 4.74 Å². The number of rotatable bonds is 3. The zero-order valence-electron chi connectivity index (χ0n) is 10.9. The van der Waals surface area contributed by atoms with Crippen LogP contribution >= 0.6 is 0 Å². The molecule has 0 saturated carbocycles. The first-order chi connectivity index (χ1) is 8.34. The highest BCUT2D eigenvalue weighted by atomic mass is 16.6. The van der Waals surface area contributed by atoms with Gasteiger partial charge >= 0.3 is 6.09 Å². The monoisotopic (exact) mass is 249 g/mol. The van der Waals surface area contributed by atoms with Gasteiger partial charge in [0.25, 0.3) is 0 Å². The number of benzene rings is 1. The summed E-state index contributed by atoms with van der Waals surface area (Å²) in [6.07, 6.45) is -1.01. The van der Waals surface area contributed by atoms with Crippen LogP contribution in [0.2, 0.25) is 0 Å². The Bertz CT molecular complexity index is 471. The number of nitrogens with two attached hydrogens (primary N) is 2. The average molecular weight is 249 g/mol. The van der Waals surface area contributed by atoms with Gasteiger partial charge in [0.15, 0.2) is 0 Å². The van der Waals surface area contributed by atoms with Gasteiger partial charge < -0.3 is 16.2 Å². The Morgan fingerprint density at radius 3 is 2.56 bits per heavy atom. The van der Waals surface area contributed by atoms with Crippen molar-refractivity contribution in [2.45, 2.75) is 32.7 Å². The number of carbonyl (C=O) groups excluding carboxylic acids is 1. The number of hydrogen-bond acceptors (Lipinski definition) is 4. The molecule has 0 fully saturated rings. The van der Waals surface area contributed by atoms with Gasteiger partial charge in [-0.15, -0.1) is 0 Å². The average Bonchev–Trinajstić information content (AvgIpc) is 2.30. The van der Waals surface area contributed by atoms with E-state index in [1.807, 2.05) is 39.0 Å². The highest BCUT2D eigenvalue weighted by Gasteiger charge is 2.23. The standard InChI is InChI=1S/C13H19N3O2/c1-7-5-4-6-10(8(7)2)9(3)11(14)12(15)18-13(16)17/h4-6,9,11,15H,14H2,1-3H3,(H2,16,17). The molecule has 1 rings (SSSR count). The summed E-state index contributed by atoms with van der Waals surface area (Å²) in [5.74, 6) is -0.437. The van der Waals surface area contributed by atoms with E-state index in [0.29, 0.717) is 0 Å². The van der Waals surface area contributed by atoms with Crippen LogP contribution in [0.3, 0.4) is 0 Å². The Labute approximate surface area is 107 Å². The SMILES string of the molecule is Cc1cccc(C(C)C(N)C(=N)OC(N)=O)c1C. The van der Waals surface area contributed by atoms with Crippen molar-refractivity contribution in [3.8, 4) is 0 Å². The minimum absolute atomic E-state index is 0.128. The first-order valence-corrected chi connectivity index (χ1v) is 5.72. The van der Waals surface area contributed by atoms with E-state index in [1.165, 1.54) is 0 Å². The number of primary amides is 1. The van der Waals surface area contributed by atoms with Gasteiger partial charge in [-0.1, -0.05) is 25.1 Å². The molecule has 0 aliphatic carbocycles. The van der Waals surface area contributed by atoms with Crippen LogP contribution in [0.5, 0.6) is 0 Å². The molecule has 0 saturated heterocycles. The van der Waals surface area contributed by atoms with Gasteiger partial charge in [-0.25, -0.2) is 4.79 Å². The van der Waals surface area contributed by atoms with Crippen LogP contribution in [0.1, 0.15) is 29.5 Å². The van der Waals surface area contributed by atoms with Crippen molar-refractivity contribution in [3.05, 3.63) is 34.9 Å². The van der Waals surface area contributed by atoms with Gasteiger partial charge in [0.1, 0.15) is 0 Å². The highest BCUT2D eigenvalue weighted by Crippen LogP contribution is 2.24. The Kier molecular flexibility index (Phi) is 4.44. The normalized spacial score (nSPS) is 13.8. The summed E-state index contributed by atoms with van der Waals surface area (Å²) in [6.45, 7) is 5.92. The quantitative estimate of drug-likeness (QED) is 0.562. The van der Waals surface area contributed by atoms with Crippen LogP contribution in [0, 0.1) is 19.3 Å². The lowest BCUT2D eigenvalue weighted by atomic mass is 9.88. The van der Waals surface area contributed by atoms with Gasteiger partial charge in [-0.05, 0) is 30.5 Å². The maximum absolute atomic E-state index is 10.6. The van der Waals surface area contributed by atoms with Crippen molar-refractivity contribution in [1.29, 1.82) is 5.41 Å². The van der Waals surface area contributed by atoms with E-state index in [2.05, 4.69) is 4.74 Å². The second-order valence-corrected chi connectivity index (χ2v) is 4.39. The summed E-state index contributed by atoms with van der Waals surface area (Å²) in [5, 5.41) is 7.58. The third-order valence-electron chi connectivity index (χ3n) is 3.19. The highest BCUT2D eigenvalue weighted by molar-refractivity contribution is 5.89. The largest absolute Gasteiger partial charge is 0.411 e. The van der Waals surface area contributed by atoms with Crippen LogP contribution in [0.4, 0.5) is 4.79 Å². The molecular weight excluding hydrogens is 230 g/mol. The van der Waals surface area contributed by atoms with Crippen LogP contribution in [0.25, 0.3) is 0 Å². The molecule has 0 bridgehead atoms. The maximum Gasteiger partial charge on any atom is 0.411 e. The molecule has 0 aliphatic rings. The topological polar surface area (TPSA) is 102 Å². The second-order valence-electron chi connectivity index (χ2n) is 4.39. The van der Waals surface area contributed by atoms with Gasteiger partial charge in [0, 0.05) is 5.92 Å². The summed E-state index contributed by atoms with van der Waals surface area (Å²) in [6, 6.07) is 5.23. The smallest absolute Gasteiger partial charge is 0.394 e. The van der Waals surface area contributed by atoms with Crippen molar-refractivity contribution in [3.63, 3.8) is 0 Å². The van der Waals surface area contributed by atoms with Crippen LogP contribution in [0.15, 0.2) is 18.2 Å². The summed E-state index contributed by atoms with van der Waals surface area (Å²) >= 11 is 0. The third-order valence-corrected chi connectivity index (χ3v) is 3.19.